The molecule has 0 fully saturated rings. The molecular formula is C13H18N2O. The summed E-state index contributed by atoms with van der Waals surface area (Å²) in [4.78, 5) is 17.3. The van der Waals surface area contributed by atoms with E-state index in [1.165, 1.54) is 24.0 Å². The van der Waals surface area contributed by atoms with Crippen molar-refractivity contribution in [3.8, 4) is 0 Å². The number of nitrogens with zero attached hydrogens (tertiary/aromatic N) is 2. The van der Waals surface area contributed by atoms with Crippen LogP contribution in [0.15, 0.2) is 28.4 Å². The first kappa shape index (κ1) is 11.1. The zero-order chi connectivity index (χ0) is 11.5. The Hall–Kier alpha value is -1.38. The molecule has 2 heterocycles. The largest absolute Gasteiger partial charge is 0.323 e. The molecule has 0 bridgehead atoms. The Balaban J connectivity index is 0.000000457. The predicted octanol–water partition coefficient (Wildman–Crippen LogP) is 2.65. The van der Waals surface area contributed by atoms with E-state index in [2.05, 4.69) is 11.1 Å². The van der Waals surface area contributed by atoms with Gasteiger partial charge in [0.15, 0.2) is 0 Å². The van der Waals surface area contributed by atoms with Crippen LogP contribution in [0.5, 0.6) is 0 Å². The highest BCUT2D eigenvalue weighted by Crippen LogP contribution is 2.32. The second-order valence-electron chi connectivity index (χ2n) is 3.98. The Labute approximate surface area is 96.5 Å². The van der Waals surface area contributed by atoms with Crippen molar-refractivity contribution in [3.05, 3.63) is 23.4 Å². The molecule has 0 atom stereocenters. The van der Waals surface area contributed by atoms with Gasteiger partial charge in [0.1, 0.15) is 12.4 Å². The smallest absolute Gasteiger partial charge is 0.267 e. The summed E-state index contributed by atoms with van der Waals surface area (Å²) in [6, 6.07) is 0. The number of carbonyl (C=O) groups excluding carboxylic acids is 1. The van der Waals surface area contributed by atoms with Crippen LogP contribution < -0.4 is 0 Å². The predicted molar refractivity (Wildman–Crippen MR) is 65.1 cm³/mol. The van der Waals surface area contributed by atoms with E-state index in [1.807, 2.05) is 24.9 Å². The van der Waals surface area contributed by atoms with Crippen molar-refractivity contribution in [1.29, 1.82) is 0 Å². The number of rotatable bonds is 0. The van der Waals surface area contributed by atoms with Gasteiger partial charge in [-0.15, -0.1) is 0 Å². The molecule has 0 aromatic heterocycles. The fourth-order valence-corrected chi connectivity index (χ4v) is 2.35. The fourth-order valence-electron chi connectivity index (χ4n) is 2.35. The van der Waals surface area contributed by atoms with Gasteiger partial charge in [-0.25, -0.2) is 0 Å². The molecule has 0 radical (unpaired) electrons. The minimum Gasteiger partial charge on any atom is -0.323 e. The third-order valence-corrected chi connectivity index (χ3v) is 3.04. The third-order valence-electron chi connectivity index (χ3n) is 3.04. The standard InChI is InChI=1S/C11H12N2O.C2H6/c14-10-7-13-6-5-8-3-1-2-4-9(8)11(13)12-10;1-2/h5-6H,1-4,7H2;1-2H3. The number of hydrogen-bond acceptors (Lipinski definition) is 2. The average Bonchev–Trinajstić information content (AvgIpc) is 2.72. The highest BCUT2D eigenvalue weighted by atomic mass is 16.2. The van der Waals surface area contributed by atoms with Crippen LogP contribution in [-0.4, -0.2) is 23.2 Å². The van der Waals surface area contributed by atoms with E-state index >= 15 is 0 Å². The molecule has 0 spiro atoms. The highest BCUT2D eigenvalue weighted by Gasteiger charge is 2.29. The molecule has 16 heavy (non-hydrogen) atoms. The van der Waals surface area contributed by atoms with Gasteiger partial charge in [-0.1, -0.05) is 13.8 Å². The van der Waals surface area contributed by atoms with Gasteiger partial charge in [-0.2, -0.15) is 4.99 Å². The van der Waals surface area contributed by atoms with Gasteiger partial charge in [0.2, 0.25) is 0 Å². The van der Waals surface area contributed by atoms with Crippen LogP contribution >= 0.6 is 0 Å². The second kappa shape index (κ2) is 4.64. The van der Waals surface area contributed by atoms with E-state index in [4.69, 9.17) is 0 Å². The topological polar surface area (TPSA) is 32.7 Å². The number of fused-ring (bicyclic) bond motifs is 2. The maximum atomic E-state index is 11.2. The molecule has 1 aliphatic carbocycles. The number of allylic oxidation sites excluding steroid dienone is 2. The lowest BCUT2D eigenvalue weighted by atomic mass is 9.89. The first-order chi connectivity index (χ1) is 7.84. The van der Waals surface area contributed by atoms with Gasteiger partial charge < -0.3 is 4.90 Å². The Kier molecular flexibility index (Phi) is 3.22. The summed E-state index contributed by atoms with van der Waals surface area (Å²) in [5.74, 6) is 0.913. The van der Waals surface area contributed by atoms with Gasteiger partial charge in [-0.3, -0.25) is 4.79 Å². The van der Waals surface area contributed by atoms with Crippen LogP contribution in [0.3, 0.4) is 0 Å². The molecular weight excluding hydrogens is 200 g/mol. The Morgan fingerprint density at radius 2 is 2.00 bits per heavy atom. The lowest BCUT2D eigenvalue weighted by molar-refractivity contribution is -0.116. The van der Waals surface area contributed by atoms with Crippen LogP contribution in [-0.2, 0) is 4.79 Å². The summed E-state index contributed by atoms with van der Waals surface area (Å²) in [5, 5.41) is 0. The first-order valence-corrected chi connectivity index (χ1v) is 6.13. The quantitative estimate of drug-likeness (QED) is 0.626. The van der Waals surface area contributed by atoms with Crippen molar-refractivity contribution in [2.75, 3.05) is 6.54 Å². The third kappa shape index (κ3) is 1.82. The Bertz CT molecular complexity index is 391. The first-order valence-electron chi connectivity index (χ1n) is 6.13. The van der Waals surface area contributed by atoms with E-state index in [9.17, 15) is 4.79 Å². The molecule has 0 aromatic carbocycles. The molecule has 0 saturated carbocycles. The Morgan fingerprint density at radius 3 is 2.81 bits per heavy atom. The Morgan fingerprint density at radius 1 is 1.25 bits per heavy atom. The minimum absolute atomic E-state index is 0.0102. The molecule has 0 saturated heterocycles. The zero-order valence-electron chi connectivity index (χ0n) is 9.99. The van der Waals surface area contributed by atoms with E-state index in [0.717, 1.165) is 18.7 Å². The lowest BCUT2D eigenvalue weighted by Gasteiger charge is -2.26. The molecule has 3 heteroatoms. The monoisotopic (exact) mass is 218 g/mol. The van der Waals surface area contributed by atoms with E-state index < -0.39 is 0 Å². The molecule has 0 unspecified atom stereocenters. The summed E-state index contributed by atoms with van der Waals surface area (Å²) in [5.41, 5.74) is 2.70. The van der Waals surface area contributed by atoms with Crippen LogP contribution in [0.2, 0.25) is 0 Å². The molecule has 3 nitrogen and oxygen atoms in total. The summed E-state index contributed by atoms with van der Waals surface area (Å²) < 4.78 is 0. The number of carbonyl (C=O) groups is 1. The number of hydrogen-bond donors (Lipinski definition) is 0. The highest BCUT2D eigenvalue weighted by molar-refractivity contribution is 6.12. The normalized spacial score (nSPS) is 22.2. The van der Waals surface area contributed by atoms with E-state index in [1.54, 1.807) is 0 Å². The van der Waals surface area contributed by atoms with Crippen molar-refractivity contribution in [3.63, 3.8) is 0 Å². The van der Waals surface area contributed by atoms with Gasteiger partial charge >= 0.3 is 0 Å². The molecule has 3 aliphatic rings. The van der Waals surface area contributed by atoms with E-state index in [0.29, 0.717) is 6.54 Å². The van der Waals surface area contributed by atoms with Crippen LogP contribution in [0.4, 0.5) is 0 Å². The molecule has 1 amide bonds. The summed E-state index contributed by atoms with van der Waals surface area (Å²) >= 11 is 0. The average molecular weight is 218 g/mol. The van der Waals surface area contributed by atoms with Crippen molar-refractivity contribution in [2.24, 2.45) is 4.99 Å². The summed E-state index contributed by atoms with van der Waals surface area (Å²) in [6.45, 7) is 4.43. The van der Waals surface area contributed by atoms with Crippen molar-refractivity contribution < 1.29 is 4.79 Å². The van der Waals surface area contributed by atoms with Crippen LogP contribution in [0.25, 0.3) is 0 Å². The summed E-state index contributed by atoms with van der Waals surface area (Å²) in [7, 11) is 0. The maximum Gasteiger partial charge on any atom is 0.267 e. The SMILES string of the molecule is CC.O=C1CN2C=CC3=C(CCCC3)C2=N1. The number of amides is 1. The number of aliphatic imine (C=N–C) groups is 1. The van der Waals surface area contributed by atoms with Gasteiger partial charge in [0, 0.05) is 6.20 Å². The fraction of sp³-hybridized carbons (Fsp3) is 0.538. The molecule has 86 valence electrons. The summed E-state index contributed by atoms with van der Waals surface area (Å²) in [6.07, 6.45) is 8.87. The van der Waals surface area contributed by atoms with Crippen molar-refractivity contribution in [2.45, 2.75) is 39.5 Å². The molecule has 2 aliphatic heterocycles. The van der Waals surface area contributed by atoms with Crippen LogP contribution in [0.1, 0.15) is 39.5 Å². The van der Waals surface area contributed by atoms with Crippen LogP contribution in [0, 0.1) is 0 Å². The zero-order valence-corrected chi connectivity index (χ0v) is 9.99. The number of amidine groups is 1. The molecule has 0 aromatic rings. The maximum absolute atomic E-state index is 11.2. The molecule has 3 rings (SSSR count). The van der Waals surface area contributed by atoms with Gasteiger partial charge in [-0.05, 0) is 42.9 Å². The lowest BCUT2D eigenvalue weighted by Crippen LogP contribution is -2.28. The van der Waals surface area contributed by atoms with Gasteiger partial charge in [0.25, 0.3) is 5.91 Å². The minimum atomic E-state index is -0.0102. The molecule has 0 N–H and O–H groups in total. The van der Waals surface area contributed by atoms with Gasteiger partial charge in [0.05, 0.1) is 0 Å². The van der Waals surface area contributed by atoms with Crippen molar-refractivity contribution in [1.82, 2.24) is 4.90 Å². The van der Waals surface area contributed by atoms with E-state index in [-0.39, 0.29) is 5.91 Å². The van der Waals surface area contributed by atoms with Crippen molar-refractivity contribution >= 4 is 11.7 Å². The second-order valence-corrected chi connectivity index (χ2v) is 3.98.